The smallest absolute Gasteiger partial charge is 0.263 e. The maximum absolute atomic E-state index is 11.4. The van der Waals surface area contributed by atoms with Crippen LogP contribution in [0.5, 0.6) is 0 Å². The van der Waals surface area contributed by atoms with Gasteiger partial charge in [0.2, 0.25) is 0 Å². The molecule has 1 amide bonds. The van der Waals surface area contributed by atoms with Crippen LogP contribution in [-0.4, -0.2) is 42.6 Å². The van der Waals surface area contributed by atoms with Crippen LogP contribution in [0.15, 0.2) is 0 Å². The van der Waals surface area contributed by atoms with Crippen LogP contribution >= 0.6 is 0 Å². The Morgan fingerprint density at radius 2 is 1.90 bits per heavy atom. The van der Waals surface area contributed by atoms with E-state index in [9.17, 15) is 4.79 Å². The normalized spacial score (nSPS) is 29.6. The lowest BCUT2D eigenvalue weighted by Crippen LogP contribution is -2.42. The highest BCUT2D eigenvalue weighted by Gasteiger charge is 2.33. The first-order chi connectivity index (χ1) is 9.40. The fraction of sp³-hybridized carbons (Fsp3) is 0.933. The molecule has 2 aliphatic rings. The van der Waals surface area contributed by atoms with Crippen LogP contribution in [0.2, 0.25) is 0 Å². The predicted octanol–water partition coefficient (Wildman–Crippen LogP) is 1.28. The first-order valence-electron chi connectivity index (χ1n) is 7.78. The Balaban J connectivity index is 1.73. The van der Waals surface area contributed by atoms with Crippen molar-refractivity contribution in [2.75, 3.05) is 19.6 Å². The minimum atomic E-state index is -0.350. The number of nitrogens with one attached hydrogen (secondary N) is 1. The third-order valence-corrected chi connectivity index (χ3v) is 4.82. The van der Waals surface area contributed by atoms with Crippen LogP contribution in [0.1, 0.15) is 46.5 Å². The number of hydrogen-bond acceptors (Lipinski definition) is 4. The molecule has 0 aromatic carbocycles. The van der Waals surface area contributed by atoms with Gasteiger partial charge < -0.3 is 9.64 Å². The molecule has 3 N–H and O–H groups in total. The molecule has 2 aliphatic heterocycles. The number of nitrogens with two attached hydrogens (primary N) is 1. The van der Waals surface area contributed by atoms with Crippen LogP contribution in [0.3, 0.4) is 0 Å². The van der Waals surface area contributed by atoms with E-state index in [0.717, 1.165) is 38.4 Å². The van der Waals surface area contributed by atoms with Gasteiger partial charge in [0, 0.05) is 6.54 Å². The molecule has 2 heterocycles. The summed E-state index contributed by atoms with van der Waals surface area (Å²) in [5.74, 6) is 5.77. The number of hydrazine groups is 1. The third-order valence-electron chi connectivity index (χ3n) is 4.82. The summed E-state index contributed by atoms with van der Waals surface area (Å²) in [7, 11) is 0. The van der Waals surface area contributed by atoms with Gasteiger partial charge in [0.15, 0.2) is 0 Å². The van der Waals surface area contributed by atoms with Crippen molar-refractivity contribution >= 4 is 5.91 Å². The van der Waals surface area contributed by atoms with Gasteiger partial charge in [-0.05, 0) is 50.1 Å². The van der Waals surface area contributed by atoms with Gasteiger partial charge in [-0.25, -0.2) is 5.84 Å². The fourth-order valence-corrected chi connectivity index (χ4v) is 3.40. The van der Waals surface area contributed by atoms with E-state index in [4.69, 9.17) is 10.6 Å². The molecule has 2 rings (SSSR count). The predicted molar refractivity (Wildman–Crippen MR) is 78.8 cm³/mol. The Kier molecular flexibility index (Phi) is 5.04. The number of amides is 1. The molecular weight excluding hydrogens is 254 g/mol. The average molecular weight is 283 g/mol. The number of hydrogen-bond donors (Lipinski definition) is 2. The molecule has 2 fully saturated rings. The summed E-state index contributed by atoms with van der Waals surface area (Å²) < 4.78 is 5.78. The van der Waals surface area contributed by atoms with Crippen molar-refractivity contribution in [3.63, 3.8) is 0 Å². The van der Waals surface area contributed by atoms with Crippen molar-refractivity contribution < 1.29 is 9.53 Å². The van der Waals surface area contributed by atoms with E-state index >= 15 is 0 Å². The Bertz CT molecular complexity index is 333. The number of ether oxygens (including phenoxy) is 1. The Labute approximate surface area is 122 Å². The van der Waals surface area contributed by atoms with Gasteiger partial charge in [0.05, 0.1) is 6.10 Å². The van der Waals surface area contributed by atoms with Crippen LogP contribution in [-0.2, 0) is 9.53 Å². The summed E-state index contributed by atoms with van der Waals surface area (Å²) in [6, 6.07) is 0. The minimum Gasteiger partial charge on any atom is -0.364 e. The zero-order chi connectivity index (χ0) is 14.8. The molecule has 0 aromatic rings. The van der Waals surface area contributed by atoms with Gasteiger partial charge in [-0.15, -0.1) is 0 Å². The summed E-state index contributed by atoms with van der Waals surface area (Å²) in [5, 5.41) is 0. The highest BCUT2D eigenvalue weighted by molar-refractivity contribution is 5.80. The van der Waals surface area contributed by atoms with Gasteiger partial charge in [0.25, 0.3) is 5.91 Å². The number of rotatable bonds is 3. The minimum absolute atomic E-state index is 0.184. The second-order valence-corrected chi connectivity index (χ2v) is 7.27. The van der Waals surface area contributed by atoms with Gasteiger partial charge in [-0.3, -0.25) is 10.2 Å². The van der Waals surface area contributed by atoms with E-state index in [2.05, 4.69) is 31.1 Å². The Morgan fingerprint density at radius 3 is 2.45 bits per heavy atom. The molecule has 0 aromatic heterocycles. The Hall–Kier alpha value is -0.650. The average Bonchev–Trinajstić information content (AvgIpc) is 2.86. The van der Waals surface area contributed by atoms with E-state index in [1.165, 1.54) is 12.8 Å². The van der Waals surface area contributed by atoms with Gasteiger partial charge in [-0.1, -0.05) is 20.8 Å². The van der Waals surface area contributed by atoms with Crippen molar-refractivity contribution in [3.05, 3.63) is 0 Å². The lowest BCUT2D eigenvalue weighted by atomic mass is 9.75. The molecule has 0 spiro atoms. The molecule has 2 unspecified atom stereocenters. The Morgan fingerprint density at radius 1 is 1.25 bits per heavy atom. The second-order valence-electron chi connectivity index (χ2n) is 7.27. The first-order valence-corrected chi connectivity index (χ1v) is 7.78. The lowest BCUT2D eigenvalue weighted by Gasteiger charge is -2.39. The van der Waals surface area contributed by atoms with E-state index in [0.29, 0.717) is 5.41 Å². The number of carbonyl (C=O) groups is 1. The zero-order valence-corrected chi connectivity index (χ0v) is 13.0. The van der Waals surface area contributed by atoms with E-state index in [1.807, 2.05) is 0 Å². The molecule has 0 saturated carbocycles. The molecule has 116 valence electrons. The van der Waals surface area contributed by atoms with Crippen LogP contribution in [0, 0.1) is 11.3 Å². The van der Waals surface area contributed by atoms with Crippen molar-refractivity contribution in [1.82, 2.24) is 10.3 Å². The molecule has 2 atom stereocenters. The SMILES string of the molecule is CC(C)(C)C1CCN(CC2CCC(C(=O)NN)O2)CC1. The second kappa shape index (κ2) is 6.41. The molecule has 5 heteroatoms. The van der Waals surface area contributed by atoms with Gasteiger partial charge in [0.1, 0.15) is 6.10 Å². The van der Waals surface area contributed by atoms with Crippen molar-refractivity contribution in [2.45, 2.75) is 58.7 Å². The van der Waals surface area contributed by atoms with Crippen molar-refractivity contribution in [1.29, 1.82) is 0 Å². The molecular formula is C15H29N3O2. The third kappa shape index (κ3) is 3.93. The number of likely N-dealkylation sites (tertiary alicyclic amines) is 1. The van der Waals surface area contributed by atoms with Crippen molar-refractivity contribution in [3.8, 4) is 0 Å². The molecule has 0 bridgehead atoms. The number of carbonyl (C=O) groups excluding carboxylic acids is 1. The van der Waals surface area contributed by atoms with E-state index in [1.54, 1.807) is 0 Å². The summed E-state index contributed by atoms with van der Waals surface area (Å²) in [6.07, 6.45) is 4.11. The molecule has 0 radical (unpaired) electrons. The van der Waals surface area contributed by atoms with E-state index in [-0.39, 0.29) is 18.1 Å². The van der Waals surface area contributed by atoms with Crippen LogP contribution < -0.4 is 11.3 Å². The highest BCUT2D eigenvalue weighted by atomic mass is 16.5. The van der Waals surface area contributed by atoms with Crippen LogP contribution in [0.25, 0.3) is 0 Å². The maximum atomic E-state index is 11.4. The molecule has 2 saturated heterocycles. The lowest BCUT2D eigenvalue weighted by molar-refractivity contribution is -0.132. The summed E-state index contributed by atoms with van der Waals surface area (Å²) in [6.45, 7) is 10.3. The molecule has 5 nitrogen and oxygen atoms in total. The largest absolute Gasteiger partial charge is 0.364 e. The number of piperidine rings is 1. The monoisotopic (exact) mass is 283 g/mol. The topological polar surface area (TPSA) is 67.6 Å². The summed E-state index contributed by atoms with van der Waals surface area (Å²) in [4.78, 5) is 13.9. The molecule has 0 aliphatic carbocycles. The zero-order valence-electron chi connectivity index (χ0n) is 13.0. The molecule has 20 heavy (non-hydrogen) atoms. The fourth-order valence-electron chi connectivity index (χ4n) is 3.40. The van der Waals surface area contributed by atoms with Gasteiger partial charge in [-0.2, -0.15) is 0 Å². The first kappa shape index (κ1) is 15.7. The maximum Gasteiger partial charge on any atom is 0.263 e. The standard InChI is InChI=1S/C15H29N3O2/c1-15(2,3)11-6-8-18(9-7-11)10-12-4-5-13(20-12)14(19)17-16/h11-13H,4-10,16H2,1-3H3,(H,17,19). The van der Waals surface area contributed by atoms with Gasteiger partial charge >= 0.3 is 0 Å². The number of nitrogens with zero attached hydrogens (tertiary/aromatic N) is 1. The quantitative estimate of drug-likeness (QED) is 0.465. The summed E-state index contributed by atoms with van der Waals surface area (Å²) in [5.41, 5.74) is 2.59. The van der Waals surface area contributed by atoms with Crippen molar-refractivity contribution in [2.24, 2.45) is 17.2 Å². The highest BCUT2D eigenvalue weighted by Crippen LogP contribution is 2.34. The van der Waals surface area contributed by atoms with E-state index < -0.39 is 0 Å². The summed E-state index contributed by atoms with van der Waals surface area (Å²) >= 11 is 0. The van der Waals surface area contributed by atoms with Crippen LogP contribution in [0.4, 0.5) is 0 Å².